The van der Waals surface area contributed by atoms with Gasteiger partial charge in [-0.05, 0) is 37.4 Å². The Balaban J connectivity index is 2.07. The fourth-order valence-corrected chi connectivity index (χ4v) is 3.15. The van der Waals surface area contributed by atoms with Crippen LogP contribution in [0.3, 0.4) is 0 Å². The maximum atomic E-state index is 11.5. The van der Waals surface area contributed by atoms with Gasteiger partial charge in [0.15, 0.2) is 0 Å². The predicted octanol–water partition coefficient (Wildman–Crippen LogP) is 2.08. The van der Waals surface area contributed by atoms with Gasteiger partial charge in [0.2, 0.25) is 0 Å². The molecule has 3 nitrogen and oxygen atoms in total. The Labute approximate surface area is 101 Å². The first-order valence-corrected chi connectivity index (χ1v) is 6.16. The molecule has 3 rings (SSSR count). The van der Waals surface area contributed by atoms with Gasteiger partial charge in [0.25, 0.3) is 0 Å². The lowest BCUT2D eigenvalue weighted by molar-refractivity contribution is -0.146. The number of hydrogen-bond donors (Lipinski definition) is 1. The third-order valence-electron chi connectivity index (χ3n) is 4.26. The summed E-state index contributed by atoms with van der Waals surface area (Å²) in [6.45, 7) is 0.955. The zero-order valence-electron chi connectivity index (χ0n) is 10.0. The monoisotopic (exact) mass is 231 g/mol. The number of nitrogens with zero attached hydrogens (tertiary/aromatic N) is 1. The number of aliphatic carboxylic acids is 1. The van der Waals surface area contributed by atoms with Crippen molar-refractivity contribution in [1.82, 2.24) is 4.90 Å². The molecule has 1 N–H and O–H groups in total. The van der Waals surface area contributed by atoms with Gasteiger partial charge in [-0.1, -0.05) is 24.3 Å². The van der Waals surface area contributed by atoms with Gasteiger partial charge in [-0.25, -0.2) is 0 Å². The van der Waals surface area contributed by atoms with Crippen LogP contribution in [-0.4, -0.2) is 29.6 Å². The Morgan fingerprint density at radius 1 is 1.41 bits per heavy atom. The Morgan fingerprint density at radius 2 is 2.12 bits per heavy atom. The van der Waals surface area contributed by atoms with Crippen LogP contribution >= 0.6 is 0 Å². The van der Waals surface area contributed by atoms with E-state index in [1.54, 1.807) is 0 Å². The molecule has 17 heavy (non-hydrogen) atoms. The second-order valence-electron chi connectivity index (χ2n) is 5.29. The van der Waals surface area contributed by atoms with Crippen molar-refractivity contribution in [3.63, 3.8) is 0 Å². The first-order chi connectivity index (χ1) is 8.15. The summed E-state index contributed by atoms with van der Waals surface area (Å²) in [6.07, 6.45) is 2.65. The van der Waals surface area contributed by atoms with Crippen LogP contribution in [-0.2, 0) is 11.2 Å². The van der Waals surface area contributed by atoms with E-state index in [1.807, 2.05) is 19.2 Å². The van der Waals surface area contributed by atoms with Crippen LogP contribution in [0.5, 0.6) is 0 Å². The number of carbonyl (C=O) groups is 1. The van der Waals surface area contributed by atoms with Crippen LogP contribution < -0.4 is 0 Å². The van der Waals surface area contributed by atoms with Gasteiger partial charge in [-0.2, -0.15) is 0 Å². The van der Waals surface area contributed by atoms with Crippen LogP contribution in [0.4, 0.5) is 0 Å². The van der Waals surface area contributed by atoms with Gasteiger partial charge in [0.05, 0.1) is 11.5 Å². The van der Waals surface area contributed by atoms with Crippen molar-refractivity contribution in [3.8, 4) is 0 Å². The van der Waals surface area contributed by atoms with Crippen LogP contribution in [0.25, 0.3) is 0 Å². The molecular weight excluding hydrogens is 214 g/mol. The highest BCUT2D eigenvalue weighted by Crippen LogP contribution is 2.58. The summed E-state index contributed by atoms with van der Waals surface area (Å²) < 4.78 is 0. The fourth-order valence-electron chi connectivity index (χ4n) is 3.15. The van der Waals surface area contributed by atoms with Gasteiger partial charge in [-0.15, -0.1) is 0 Å². The lowest BCUT2D eigenvalue weighted by Gasteiger charge is -2.38. The Morgan fingerprint density at radius 3 is 2.76 bits per heavy atom. The maximum Gasteiger partial charge on any atom is 0.311 e. The molecule has 3 heteroatoms. The summed E-state index contributed by atoms with van der Waals surface area (Å²) in [5.74, 6) is -0.633. The minimum absolute atomic E-state index is 0.0601. The average molecular weight is 231 g/mol. The van der Waals surface area contributed by atoms with Crippen molar-refractivity contribution in [1.29, 1.82) is 0 Å². The average Bonchev–Trinajstić information content (AvgIpc) is 3.10. The van der Waals surface area contributed by atoms with E-state index in [4.69, 9.17) is 0 Å². The molecule has 1 heterocycles. The zero-order chi connectivity index (χ0) is 12.0. The first kappa shape index (κ1) is 10.8. The van der Waals surface area contributed by atoms with Crippen LogP contribution in [0, 0.1) is 5.41 Å². The molecule has 0 saturated heterocycles. The lowest BCUT2D eigenvalue weighted by atomic mass is 9.83. The number of benzene rings is 1. The predicted molar refractivity (Wildman–Crippen MR) is 64.8 cm³/mol. The summed E-state index contributed by atoms with van der Waals surface area (Å²) in [7, 11) is 2.05. The van der Waals surface area contributed by atoms with E-state index in [0.717, 1.165) is 25.8 Å². The highest BCUT2D eigenvalue weighted by molar-refractivity contribution is 5.79. The number of carboxylic acid groups (broad SMARTS) is 1. The van der Waals surface area contributed by atoms with Gasteiger partial charge < -0.3 is 5.11 Å². The van der Waals surface area contributed by atoms with Crippen LogP contribution in [0.15, 0.2) is 24.3 Å². The minimum Gasteiger partial charge on any atom is -0.481 e. The van der Waals surface area contributed by atoms with Gasteiger partial charge in [0.1, 0.15) is 0 Å². The third kappa shape index (κ3) is 1.49. The summed E-state index contributed by atoms with van der Waals surface area (Å²) >= 11 is 0. The largest absolute Gasteiger partial charge is 0.481 e. The van der Waals surface area contributed by atoms with E-state index in [1.165, 1.54) is 11.1 Å². The van der Waals surface area contributed by atoms with Crippen molar-refractivity contribution in [2.24, 2.45) is 5.41 Å². The molecular formula is C14H17NO2. The molecule has 1 aliphatic carbocycles. The summed E-state index contributed by atoms with van der Waals surface area (Å²) in [5, 5.41) is 9.47. The quantitative estimate of drug-likeness (QED) is 0.847. The van der Waals surface area contributed by atoms with Crippen molar-refractivity contribution in [2.45, 2.75) is 25.3 Å². The van der Waals surface area contributed by atoms with Crippen LogP contribution in [0.2, 0.25) is 0 Å². The van der Waals surface area contributed by atoms with Crippen LogP contribution in [0.1, 0.15) is 30.0 Å². The summed E-state index contributed by atoms with van der Waals surface area (Å²) in [6, 6.07) is 8.35. The molecule has 0 radical (unpaired) electrons. The van der Waals surface area contributed by atoms with E-state index in [0.29, 0.717) is 0 Å². The highest BCUT2D eigenvalue weighted by atomic mass is 16.4. The Hall–Kier alpha value is -1.35. The molecule has 1 aliphatic heterocycles. The van der Waals surface area contributed by atoms with Crippen molar-refractivity contribution < 1.29 is 9.90 Å². The zero-order valence-corrected chi connectivity index (χ0v) is 10.0. The van der Waals surface area contributed by atoms with E-state index in [9.17, 15) is 9.90 Å². The van der Waals surface area contributed by atoms with E-state index >= 15 is 0 Å². The SMILES string of the molecule is CN1CCc2ccccc2C1C1(C(=O)O)CC1. The highest BCUT2D eigenvalue weighted by Gasteiger charge is 2.58. The van der Waals surface area contributed by atoms with E-state index < -0.39 is 11.4 Å². The maximum absolute atomic E-state index is 11.5. The van der Waals surface area contributed by atoms with Crippen molar-refractivity contribution >= 4 is 5.97 Å². The third-order valence-corrected chi connectivity index (χ3v) is 4.26. The number of fused-ring (bicyclic) bond motifs is 1. The molecule has 0 spiro atoms. The first-order valence-electron chi connectivity index (χ1n) is 6.16. The second kappa shape index (κ2) is 3.57. The topological polar surface area (TPSA) is 40.5 Å². The molecule has 90 valence electrons. The number of rotatable bonds is 2. The number of hydrogen-bond acceptors (Lipinski definition) is 2. The molecule has 0 aromatic heterocycles. The summed E-state index contributed by atoms with van der Waals surface area (Å²) in [5.41, 5.74) is 2.02. The fraction of sp³-hybridized carbons (Fsp3) is 0.500. The van der Waals surface area contributed by atoms with E-state index in [-0.39, 0.29) is 6.04 Å². The van der Waals surface area contributed by atoms with Crippen molar-refractivity contribution in [2.75, 3.05) is 13.6 Å². The molecule has 1 aromatic rings. The number of carboxylic acids is 1. The second-order valence-corrected chi connectivity index (χ2v) is 5.29. The molecule has 1 fully saturated rings. The molecule has 1 atom stereocenters. The molecule has 1 unspecified atom stereocenters. The van der Waals surface area contributed by atoms with Gasteiger partial charge >= 0.3 is 5.97 Å². The summed E-state index contributed by atoms with van der Waals surface area (Å²) in [4.78, 5) is 13.7. The molecule has 1 aromatic carbocycles. The van der Waals surface area contributed by atoms with E-state index in [2.05, 4.69) is 17.0 Å². The Bertz CT molecular complexity index is 465. The smallest absolute Gasteiger partial charge is 0.311 e. The number of likely N-dealkylation sites (N-methyl/N-ethyl adjacent to an activating group) is 1. The molecule has 0 amide bonds. The molecule has 0 bridgehead atoms. The normalized spacial score (nSPS) is 26.3. The van der Waals surface area contributed by atoms with Crippen molar-refractivity contribution in [3.05, 3.63) is 35.4 Å². The lowest BCUT2D eigenvalue weighted by Crippen LogP contribution is -2.40. The van der Waals surface area contributed by atoms with Gasteiger partial charge in [0, 0.05) is 6.54 Å². The van der Waals surface area contributed by atoms with Gasteiger partial charge in [-0.3, -0.25) is 9.69 Å². The Kier molecular flexibility index (Phi) is 2.26. The molecule has 2 aliphatic rings. The standard InChI is InChI=1S/C14H17NO2/c1-15-9-6-10-4-2-3-5-11(10)12(15)14(7-8-14)13(16)17/h2-5,12H,6-9H2,1H3,(H,16,17). The minimum atomic E-state index is -0.633. The molecule has 1 saturated carbocycles.